The van der Waals surface area contributed by atoms with Gasteiger partial charge < -0.3 is 20.1 Å². The fourth-order valence-corrected chi connectivity index (χ4v) is 3.28. The van der Waals surface area contributed by atoms with Gasteiger partial charge in [0.15, 0.2) is 5.82 Å². The van der Waals surface area contributed by atoms with Gasteiger partial charge in [0, 0.05) is 25.6 Å². The molecule has 1 aromatic carbocycles. The summed E-state index contributed by atoms with van der Waals surface area (Å²) in [6.45, 7) is 7.71. The Hall–Kier alpha value is -2.67. The number of morpholine rings is 1. The Morgan fingerprint density at radius 1 is 1.35 bits per heavy atom. The van der Waals surface area contributed by atoms with Gasteiger partial charge in [0.1, 0.15) is 5.75 Å². The molecule has 0 bridgehead atoms. The minimum absolute atomic E-state index is 0.0160. The third kappa shape index (κ3) is 3.94. The summed E-state index contributed by atoms with van der Waals surface area (Å²) in [5, 5.41) is 21.8. The quantitative estimate of drug-likeness (QED) is 0.869. The molecule has 138 valence electrons. The second-order valence-electron chi connectivity index (χ2n) is 6.61. The third-order valence-electron chi connectivity index (χ3n) is 4.47. The average molecular weight is 356 g/mol. The van der Waals surface area contributed by atoms with E-state index in [4.69, 9.17) is 4.74 Å². The number of phenols is 1. The second-order valence-corrected chi connectivity index (χ2v) is 6.61. The van der Waals surface area contributed by atoms with Crippen LogP contribution in [-0.4, -0.2) is 53.6 Å². The van der Waals surface area contributed by atoms with Gasteiger partial charge in [0.2, 0.25) is 5.91 Å². The Kier molecular flexibility index (Phi) is 5.37. The molecule has 26 heavy (non-hydrogen) atoms. The molecule has 0 aliphatic carbocycles. The first-order valence-corrected chi connectivity index (χ1v) is 8.69. The topological polar surface area (TPSA) is 87.6 Å². The minimum atomic E-state index is -0.0673. The highest BCUT2D eigenvalue weighted by Gasteiger charge is 2.25. The highest BCUT2D eigenvalue weighted by Crippen LogP contribution is 2.32. The monoisotopic (exact) mass is 356 g/mol. The molecule has 2 aromatic rings. The number of amides is 1. The van der Waals surface area contributed by atoms with Crippen molar-refractivity contribution in [1.29, 1.82) is 0 Å². The summed E-state index contributed by atoms with van der Waals surface area (Å²) in [5.74, 6) is 0.874. The molecular weight excluding hydrogens is 332 g/mol. The van der Waals surface area contributed by atoms with Crippen LogP contribution in [0.5, 0.6) is 5.75 Å². The number of hydrogen-bond donors (Lipinski definition) is 2. The summed E-state index contributed by atoms with van der Waals surface area (Å²) in [7, 11) is 0. The average Bonchev–Trinajstić information content (AvgIpc) is 2.60. The van der Waals surface area contributed by atoms with Crippen molar-refractivity contribution >= 4 is 11.7 Å². The number of carbonyl (C=O) groups is 1. The number of nitrogens with one attached hydrogen (secondary N) is 1. The number of anilines is 1. The van der Waals surface area contributed by atoms with Crippen LogP contribution in [-0.2, 0) is 9.53 Å². The van der Waals surface area contributed by atoms with Gasteiger partial charge in [-0.3, -0.25) is 4.79 Å². The predicted octanol–water partition coefficient (Wildman–Crippen LogP) is 1.81. The molecule has 1 amide bonds. The van der Waals surface area contributed by atoms with Gasteiger partial charge in [-0.05, 0) is 43.2 Å². The summed E-state index contributed by atoms with van der Waals surface area (Å²) < 4.78 is 5.53. The van der Waals surface area contributed by atoms with E-state index in [9.17, 15) is 9.90 Å². The van der Waals surface area contributed by atoms with E-state index in [-0.39, 0.29) is 17.7 Å². The Bertz CT molecular complexity index is 769. The second kappa shape index (κ2) is 7.70. The van der Waals surface area contributed by atoms with Crippen LogP contribution >= 0.6 is 0 Å². The lowest BCUT2D eigenvalue weighted by Crippen LogP contribution is -2.51. The van der Waals surface area contributed by atoms with Crippen molar-refractivity contribution < 1.29 is 14.6 Å². The number of phenolic OH excluding ortho intramolecular Hbond substituents is 1. The first-order chi connectivity index (χ1) is 12.5. The molecule has 7 heteroatoms. The number of rotatable bonds is 4. The Morgan fingerprint density at radius 2 is 2.15 bits per heavy atom. The first kappa shape index (κ1) is 18.1. The molecule has 1 saturated heterocycles. The summed E-state index contributed by atoms with van der Waals surface area (Å²) >= 11 is 0. The van der Waals surface area contributed by atoms with Crippen molar-refractivity contribution in [3.63, 3.8) is 0 Å². The SMILES string of the molecule is CC(=O)NC[C@@H]1COCCN1c1ccc(-c2c(C)cc(C)cc2O)nn1. The van der Waals surface area contributed by atoms with E-state index in [1.54, 1.807) is 6.07 Å². The third-order valence-corrected chi connectivity index (χ3v) is 4.47. The van der Waals surface area contributed by atoms with Gasteiger partial charge >= 0.3 is 0 Å². The number of nitrogens with zero attached hydrogens (tertiary/aromatic N) is 3. The molecule has 0 unspecified atom stereocenters. The molecule has 1 fully saturated rings. The van der Waals surface area contributed by atoms with Crippen LogP contribution in [0.2, 0.25) is 0 Å². The molecule has 1 aliphatic heterocycles. The van der Waals surface area contributed by atoms with Crippen LogP contribution in [0.25, 0.3) is 11.3 Å². The van der Waals surface area contributed by atoms with Crippen LogP contribution in [0.15, 0.2) is 24.3 Å². The maximum absolute atomic E-state index is 11.2. The maximum Gasteiger partial charge on any atom is 0.216 e. The standard InChI is InChI=1S/C19H24N4O3/c1-12-8-13(2)19(17(25)9-12)16-4-5-18(22-21-16)23-6-7-26-11-15(23)10-20-14(3)24/h4-5,8-9,15,25H,6-7,10-11H2,1-3H3,(H,20,24)/t15-/m1/s1. The van der Waals surface area contributed by atoms with Gasteiger partial charge in [-0.1, -0.05) is 6.07 Å². The predicted molar refractivity (Wildman–Crippen MR) is 99.2 cm³/mol. The van der Waals surface area contributed by atoms with Crippen molar-refractivity contribution in [1.82, 2.24) is 15.5 Å². The molecule has 0 spiro atoms. The van der Waals surface area contributed by atoms with E-state index < -0.39 is 0 Å². The van der Waals surface area contributed by atoms with Gasteiger partial charge in [-0.15, -0.1) is 10.2 Å². The molecule has 2 heterocycles. The van der Waals surface area contributed by atoms with E-state index in [1.165, 1.54) is 6.92 Å². The van der Waals surface area contributed by atoms with Crippen LogP contribution in [0.3, 0.4) is 0 Å². The molecule has 1 aromatic heterocycles. The molecule has 0 radical (unpaired) electrons. The fourth-order valence-electron chi connectivity index (χ4n) is 3.28. The summed E-state index contributed by atoms with van der Waals surface area (Å²) in [6, 6.07) is 7.51. The van der Waals surface area contributed by atoms with Crippen molar-refractivity contribution in [2.24, 2.45) is 0 Å². The highest BCUT2D eigenvalue weighted by atomic mass is 16.5. The first-order valence-electron chi connectivity index (χ1n) is 8.69. The Labute approximate surface area is 153 Å². The Morgan fingerprint density at radius 3 is 2.81 bits per heavy atom. The van der Waals surface area contributed by atoms with Crippen molar-refractivity contribution in [3.05, 3.63) is 35.4 Å². The lowest BCUT2D eigenvalue weighted by Gasteiger charge is -2.36. The fraction of sp³-hybridized carbons (Fsp3) is 0.421. The molecular formula is C19H24N4O3. The molecule has 1 atom stereocenters. The van der Waals surface area contributed by atoms with E-state index in [0.717, 1.165) is 16.9 Å². The number of aromatic nitrogens is 2. The van der Waals surface area contributed by atoms with E-state index >= 15 is 0 Å². The summed E-state index contributed by atoms with van der Waals surface area (Å²) in [5.41, 5.74) is 3.30. The van der Waals surface area contributed by atoms with E-state index in [0.29, 0.717) is 37.6 Å². The van der Waals surface area contributed by atoms with Crippen molar-refractivity contribution in [3.8, 4) is 17.0 Å². The number of aryl methyl sites for hydroxylation is 2. The Balaban J connectivity index is 1.83. The summed E-state index contributed by atoms with van der Waals surface area (Å²) in [4.78, 5) is 13.3. The van der Waals surface area contributed by atoms with E-state index in [2.05, 4.69) is 20.4 Å². The van der Waals surface area contributed by atoms with Crippen molar-refractivity contribution in [2.75, 3.05) is 31.2 Å². The molecule has 2 N–H and O–H groups in total. The van der Waals surface area contributed by atoms with Crippen LogP contribution in [0.4, 0.5) is 5.82 Å². The van der Waals surface area contributed by atoms with Crippen LogP contribution < -0.4 is 10.2 Å². The number of benzene rings is 1. The van der Waals surface area contributed by atoms with Gasteiger partial charge in [0.25, 0.3) is 0 Å². The van der Waals surface area contributed by atoms with E-state index in [1.807, 2.05) is 32.0 Å². The molecule has 7 nitrogen and oxygen atoms in total. The number of carbonyl (C=O) groups excluding carboxylic acids is 1. The van der Waals surface area contributed by atoms with Crippen LogP contribution in [0.1, 0.15) is 18.1 Å². The van der Waals surface area contributed by atoms with Gasteiger partial charge in [-0.25, -0.2) is 0 Å². The summed E-state index contributed by atoms with van der Waals surface area (Å²) in [6.07, 6.45) is 0. The minimum Gasteiger partial charge on any atom is -0.507 e. The van der Waals surface area contributed by atoms with Gasteiger partial charge in [-0.2, -0.15) is 0 Å². The zero-order valence-electron chi connectivity index (χ0n) is 15.3. The highest BCUT2D eigenvalue weighted by molar-refractivity contribution is 5.73. The lowest BCUT2D eigenvalue weighted by molar-refractivity contribution is -0.119. The smallest absolute Gasteiger partial charge is 0.216 e. The molecule has 0 saturated carbocycles. The molecule has 3 rings (SSSR count). The normalized spacial score (nSPS) is 17.2. The molecule has 1 aliphatic rings. The zero-order valence-corrected chi connectivity index (χ0v) is 15.3. The number of aromatic hydroxyl groups is 1. The van der Waals surface area contributed by atoms with Crippen molar-refractivity contribution in [2.45, 2.75) is 26.8 Å². The number of ether oxygens (including phenoxy) is 1. The lowest BCUT2D eigenvalue weighted by atomic mass is 10.0. The van der Waals surface area contributed by atoms with Crippen LogP contribution in [0, 0.1) is 13.8 Å². The largest absolute Gasteiger partial charge is 0.507 e. The maximum atomic E-state index is 11.2. The zero-order chi connectivity index (χ0) is 18.7. The number of hydrogen-bond acceptors (Lipinski definition) is 6. The van der Waals surface area contributed by atoms with Gasteiger partial charge in [0.05, 0.1) is 24.9 Å².